The van der Waals surface area contributed by atoms with Gasteiger partial charge in [0.05, 0.1) is 5.69 Å². The summed E-state index contributed by atoms with van der Waals surface area (Å²) in [6, 6.07) is 75.7. The van der Waals surface area contributed by atoms with Gasteiger partial charge in [-0.3, -0.25) is 0 Å². The molecule has 0 fully saturated rings. The van der Waals surface area contributed by atoms with Gasteiger partial charge in [-0.25, -0.2) is 0 Å². The maximum Gasteiger partial charge on any atom is 0.0543 e. The Morgan fingerprint density at radius 3 is 1.39 bits per heavy atom. The van der Waals surface area contributed by atoms with E-state index in [1.807, 2.05) is 0 Å². The molecule has 270 valence electrons. The lowest BCUT2D eigenvalue weighted by atomic mass is 9.81. The molecule has 0 saturated carbocycles. The normalized spacial score (nSPS) is 12.9. The lowest BCUT2D eigenvalue weighted by Crippen LogP contribution is -2.17. The van der Waals surface area contributed by atoms with Crippen molar-refractivity contribution in [3.8, 4) is 11.1 Å². The second kappa shape index (κ2) is 13.0. The van der Waals surface area contributed by atoms with Gasteiger partial charge < -0.3 is 9.80 Å². The van der Waals surface area contributed by atoms with E-state index in [9.17, 15) is 0 Å². The first-order valence-corrected chi connectivity index (χ1v) is 19.8. The Bertz CT molecular complexity index is 3160. The van der Waals surface area contributed by atoms with E-state index in [0.29, 0.717) is 0 Å². The van der Waals surface area contributed by atoms with Crippen LogP contribution in [0.5, 0.6) is 0 Å². The molecule has 0 atom stereocenters. The first kappa shape index (κ1) is 33.2. The van der Waals surface area contributed by atoms with Crippen LogP contribution in [0, 0.1) is 0 Å². The van der Waals surface area contributed by atoms with E-state index in [4.69, 9.17) is 0 Å². The Balaban J connectivity index is 1.09. The number of nitrogens with zero attached hydrogens (tertiary/aromatic N) is 2. The molecule has 10 aromatic carbocycles. The predicted octanol–water partition coefficient (Wildman–Crippen LogP) is 15.5. The average Bonchev–Trinajstić information content (AvgIpc) is 3.48. The zero-order chi connectivity index (χ0) is 38.1. The highest BCUT2D eigenvalue weighted by atomic mass is 15.1. The molecule has 10 aromatic rings. The third-order valence-corrected chi connectivity index (χ3v) is 12.1. The van der Waals surface area contributed by atoms with E-state index < -0.39 is 0 Å². The molecule has 0 radical (unpaired) electrons. The Hall–Kier alpha value is -7.16. The minimum Gasteiger partial charge on any atom is -0.310 e. The van der Waals surface area contributed by atoms with Gasteiger partial charge in [-0.2, -0.15) is 0 Å². The molecule has 2 heteroatoms. The van der Waals surface area contributed by atoms with E-state index in [1.54, 1.807) is 0 Å². The third-order valence-electron chi connectivity index (χ3n) is 12.1. The molecule has 0 N–H and O–H groups in total. The molecule has 0 spiro atoms. The minimum atomic E-state index is -0.239. The van der Waals surface area contributed by atoms with Gasteiger partial charge in [-0.1, -0.05) is 141 Å². The van der Waals surface area contributed by atoms with Gasteiger partial charge in [0.1, 0.15) is 0 Å². The van der Waals surface area contributed by atoms with Gasteiger partial charge in [-0.15, -0.1) is 0 Å². The highest BCUT2D eigenvalue weighted by molar-refractivity contribution is 6.11. The van der Waals surface area contributed by atoms with Gasteiger partial charge in [0, 0.05) is 39.2 Å². The highest BCUT2D eigenvalue weighted by Crippen LogP contribution is 2.55. The maximum absolute atomic E-state index is 2.48. The molecule has 0 amide bonds. The van der Waals surface area contributed by atoms with E-state index in [-0.39, 0.29) is 5.41 Å². The van der Waals surface area contributed by atoms with Crippen LogP contribution in [-0.2, 0) is 5.41 Å². The first-order valence-electron chi connectivity index (χ1n) is 19.8. The Labute approximate surface area is 333 Å². The second-order valence-corrected chi connectivity index (χ2v) is 15.8. The van der Waals surface area contributed by atoms with Crippen LogP contribution in [0.3, 0.4) is 0 Å². The van der Waals surface area contributed by atoms with Gasteiger partial charge in [0.15, 0.2) is 0 Å². The van der Waals surface area contributed by atoms with Crippen LogP contribution in [0.25, 0.3) is 54.2 Å². The SMILES string of the molecule is CC1(C)c2cc3cc(N(c4ccccc4)c4ccc5ccccc5c4)ccc3cc2-c2c1cc(N(c1ccccc1)c1ccc3ccccc3c1)c1ccccc21. The van der Waals surface area contributed by atoms with E-state index >= 15 is 0 Å². The highest BCUT2D eigenvalue weighted by Gasteiger charge is 2.38. The largest absolute Gasteiger partial charge is 0.310 e. The number of anilines is 6. The smallest absolute Gasteiger partial charge is 0.0543 e. The third kappa shape index (κ3) is 5.40. The topological polar surface area (TPSA) is 6.48 Å². The summed E-state index contributed by atoms with van der Waals surface area (Å²) in [5.74, 6) is 0. The average molecular weight is 729 g/mol. The van der Waals surface area contributed by atoms with Crippen molar-refractivity contribution in [3.05, 3.63) is 217 Å². The van der Waals surface area contributed by atoms with Gasteiger partial charge >= 0.3 is 0 Å². The summed E-state index contributed by atoms with van der Waals surface area (Å²) in [7, 11) is 0. The predicted molar refractivity (Wildman–Crippen MR) is 243 cm³/mol. The molecule has 2 nitrogen and oxygen atoms in total. The molecule has 1 aliphatic carbocycles. The van der Waals surface area contributed by atoms with Crippen LogP contribution in [0.15, 0.2) is 206 Å². The van der Waals surface area contributed by atoms with E-state index in [0.717, 1.165) is 28.4 Å². The number of hydrogen-bond donors (Lipinski definition) is 0. The van der Waals surface area contributed by atoms with Crippen molar-refractivity contribution in [1.82, 2.24) is 0 Å². The van der Waals surface area contributed by atoms with Crippen LogP contribution in [0.4, 0.5) is 34.1 Å². The Morgan fingerprint density at radius 1 is 0.316 bits per heavy atom. The molecule has 0 aromatic heterocycles. The van der Waals surface area contributed by atoms with Crippen molar-refractivity contribution < 1.29 is 0 Å². The maximum atomic E-state index is 2.48. The summed E-state index contributed by atoms with van der Waals surface area (Å²) in [6.45, 7) is 4.81. The van der Waals surface area contributed by atoms with Gasteiger partial charge in [0.25, 0.3) is 0 Å². The zero-order valence-corrected chi connectivity index (χ0v) is 32.0. The van der Waals surface area contributed by atoms with E-state index in [1.165, 1.54) is 71.0 Å². The van der Waals surface area contributed by atoms with Crippen LogP contribution < -0.4 is 9.80 Å². The number of rotatable bonds is 6. The summed E-state index contributed by atoms with van der Waals surface area (Å²) >= 11 is 0. The monoisotopic (exact) mass is 728 g/mol. The van der Waals surface area contributed by atoms with Crippen molar-refractivity contribution in [1.29, 1.82) is 0 Å². The van der Waals surface area contributed by atoms with Crippen molar-refractivity contribution in [2.45, 2.75) is 19.3 Å². The summed E-state index contributed by atoms with van der Waals surface area (Å²) in [5.41, 5.74) is 12.0. The summed E-state index contributed by atoms with van der Waals surface area (Å²) in [4.78, 5) is 4.82. The van der Waals surface area contributed by atoms with Crippen LogP contribution in [0.1, 0.15) is 25.0 Å². The van der Waals surface area contributed by atoms with Crippen LogP contribution in [0.2, 0.25) is 0 Å². The molecule has 0 heterocycles. The number of hydrogen-bond acceptors (Lipinski definition) is 2. The molecule has 11 rings (SSSR count). The van der Waals surface area contributed by atoms with Gasteiger partial charge in [-0.05, 0) is 139 Å². The van der Waals surface area contributed by atoms with Crippen LogP contribution in [-0.4, -0.2) is 0 Å². The fourth-order valence-corrected chi connectivity index (χ4v) is 9.28. The standard InChI is InChI=1S/C55H40N2/c1-55(2)51-35-42-33-46(56(43-19-5-3-6-20-43)45-28-25-37-15-9-11-17-39(37)31-45)30-27-41(42)34-50(51)54-49-24-14-13-23-48(49)53(36-52(54)55)57(44-21-7-4-8-22-44)47-29-26-38-16-10-12-18-40(38)32-47/h3-36H,1-2H3. The molecular formula is C55H40N2. The zero-order valence-electron chi connectivity index (χ0n) is 32.0. The van der Waals surface area contributed by atoms with Crippen LogP contribution >= 0.6 is 0 Å². The summed E-state index contributed by atoms with van der Waals surface area (Å²) in [5, 5.41) is 9.93. The Kier molecular flexibility index (Phi) is 7.55. The molecule has 1 aliphatic rings. The molecule has 0 saturated heterocycles. The van der Waals surface area contributed by atoms with Crippen molar-refractivity contribution >= 4 is 77.2 Å². The molecular weight excluding hydrogens is 689 g/mol. The molecule has 0 unspecified atom stereocenters. The number of para-hydroxylation sites is 2. The molecule has 0 aliphatic heterocycles. The number of fused-ring (bicyclic) bond motifs is 8. The lowest BCUT2D eigenvalue weighted by molar-refractivity contribution is 0.661. The first-order chi connectivity index (χ1) is 28.0. The molecule has 57 heavy (non-hydrogen) atoms. The quantitative estimate of drug-likeness (QED) is 0.168. The molecule has 0 bridgehead atoms. The fourth-order valence-electron chi connectivity index (χ4n) is 9.28. The Morgan fingerprint density at radius 2 is 0.772 bits per heavy atom. The second-order valence-electron chi connectivity index (χ2n) is 15.8. The van der Waals surface area contributed by atoms with Gasteiger partial charge in [0.2, 0.25) is 0 Å². The lowest BCUT2D eigenvalue weighted by Gasteiger charge is -2.30. The van der Waals surface area contributed by atoms with Crippen molar-refractivity contribution in [2.75, 3.05) is 9.80 Å². The van der Waals surface area contributed by atoms with Crippen molar-refractivity contribution in [2.24, 2.45) is 0 Å². The summed E-state index contributed by atoms with van der Waals surface area (Å²) < 4.78 is 0. The number of benzene rings is 10. The summed E-state index contributed by atoms with van der Waals surface area (Å²) in [6.07, 6.45) is 0. The van der Waals surface area contributed by atoms with E-state index in [2.05, 4.69) is 230 Å². The fraction of sp³-hybridized carbons (Fsp3) is 0.0545. The van der Waals surface area contributed by atoms with Crippen molar-refractivity contribution in [3.63, 3.8) is 0 Å². The minimum absolute atomic E-state index is 0.239.